The largest absolute Gasteiger partial charge is 0.412 e. The Kier molecular flexibility index (Phi) is 333. The van der Waals surface area contributed by atoms with Crippen LogP contribution in [0.3, 0.4) is 0 Å². The highest BCUT2D eigenvalue weighted by Crippen LogP contribution is 1.30. The molecule has 0 unspecified atom stereocenters. The van der Waals surface area contributed by atoms with Crippen molar-refractivity contribution in [2.24, 2.45) is 0 Å². The molecule has 0 bridgehead atoms. The molecule has 4 nitrogen and oxygen atoms in total. The first-order valence-electron chi connectivity index (χ1n) is 1.68. The van der Waals surface area contributed by atoms with Crippen LogP contribution in [0.25, 0.3) is 0 Å². The zero-order valence-electron chi connectivity index (χ0n) is 4.47. The number of aliphatic hydroxyl groups excluding tert-OH is 1. The summed E-state index contributed by atoms with van der Waals surface area (Å²) in [5, 5.41) is 7.57. The lowest BCUT2D eigenvalue weighted by molar-refractivity contribution is 0.318. The van der Waals surface area contributed by atoms with E-state index < -0.39 is 0 Å². The second kappa shape index (κ2) is 93.6. The molecule has 0 saturated carbocycles. The molecule has 10 heavy (non-hydrogen) atoms. The van der Waals surface area contributed by atoms with Crippen LogP contribution < -0.4 is 0 Å². The van der Waals surface area contributed by atoms with E-state index in [4.69, 9.17) is 14.7 Å². The molecule has 0 aromatic heterocycles. The molecule has 0 aliphatic heterocycles. The van der Waals surface area contributed by atoms with Crippen LogP contribution in [0.5, 0.6) is 0 Å². The number of hydrogen-bond acceptors (Lipinski definition) is 3. The minimum Gasteiger partial charge on any atom is -0.412 e. The summed E-state index contributed by atoms with van der Waals surface area (Å²) in [6.45, 7) is 1.93. The normalized spacial score (nSPS) is 3.00. The van der Waals surface area contributed by atoms with E-state index in [0.29, 0.717) is 0 Å². The molecular weight excluding hydrogens is 136 g/mol. The van der Waals surface area contributed by atoms with Gasteiger partial charge in [0.2, 0.25) is 11.9 Å². The molecule has 0 spiro atoms. The molecule has 0 amide bonds. The van der Waals surface area contributed by atoms with Crippen LogP contribution in [0, 0.1) is 0 Å². The molecule has 0 aliphatic rings. The molecular formula is C6H26O4. The van der Waals surface area contributed by atoms with Gasteiger partial charge in [0, 0.05) is 13.7 Å². The van der Waals surface area contributed by atoms with Gasteiger partial charge in [-0.1, -0.05) is 14.9 Å². The van der Waals surface area contributed by atoms with Crippen molar-refractivity contribution >= 4 is 11.9 Å². The molecule has 0 heterocycles. The summed E-state index contributed by atoms with van der Waals surface area (Å²) in [5.41, 5.74) is 0. The molecule has 3 N–H and O–H groups in total. The molecule has 0 atom stereocenters. The van der Waals surface area contributed by atoms with Gasteiger partial charge in [0.25, 0.3) is 0 Å². The molecule has 0 aromatic rings. The first kappa shape index (κ1) is 35.6. The van der Waals surface area contributed by atoms with Crippen LogP contribution in [-0.2, 0) is 9.59 Å². The fraction of sp³-hybridized carbons (Fsp3) is 0.667. The number of rotatable bonds is 0. The third-order valence-corrected chi connectivity index (χ3v) is 0.0417. The van der Waals surface area contributed by atoms with Crippen LogP contribution in [-0.4, -0.2) is 29.1 Å². The second-order valence-corrected chi connectivity index (χ2v) is 0.520. The van der Waals surface area contributed by atoms with E-state index in [9.17, 15) is 0 Å². The van der Waals surface area contributed by atoms with Gasteiger partial charge < -0.3 is 10.6 Å². The van der Waals surface area contributed by atoms with Crippen LogP contribution in [0.4, 0.5) is 0 Å². The third kappa shape index (κ3) is 40900. The van der Waals surface area contributed by atoms with Crippen molar-refractivity contribution in [1.29, 1.82) is 0 Å². The standard InChI is InChI=1S/C2O2.C2H6O.2CH4.H2O.5H2/c3-1-2-4;1-2-3;;;;;;;;/h;3H,2H2,1H3;2*1H4;1H2;5*1H. The highest BCUT2D eigenvalue weighted by atomic mass is 16.2. The van der Waals surface area contributed by atoms with E-state index in [0.717, 1.165) is 11.9 Å². The topological polar surface area (TPSA) is 85.9 Å². The van der Waals surface area contributed by atoms with Crippen molar-refractivity contribution < 1.29 is 27.3 Å². The third-order valence-electron chi connectivity index (χ3n) is 0.0417. The summed E-state index contributed by atoms with van der Waals surface area (Å²) in [6, 6.07) is 0. The highest BCUT2D eigenvalue weighted by molar-refractivity contribution is 5.81. The van der Waals surface area contributed by atoms with E-state index >= 15 is 0 Å². The fourth-order valence-corrected chi connectivity index (χ4v) is 0. The average molecular weight is 162 g/mol. The van der Waals surface area contributed by atoms with Crippen molar-refractivity contribution in [2.45, 2.75) is 21.8 Å². The monoisotopic (exact) mass is 162 g/mol. The maximum Gasteiger partial charge on any atom is 0.221 e. The number of aliphatic hydroxyl groups is 1. The molecule has 0 rings (SSSR count). The van der Waals surface area contributed by atoms with Gasteiger partial charge in [-0.25, -0.2) is 9.59 Å². The molecule has 74 valence electrons. The maximum absolute atomic E-state index is 8.62. The molecule has 0 aliphatic carbocycles. The summed E-state index contributed by atoms with van der Waals surface area (Å²) in [5.74, 6) is 1.75. The smallest absolute Gasteiger partial charge is 0.221 e. The van der Waals surface area contributed by atoms with Gasteiger partial charge in [-0.2, -0.15) is 0 Å². The summed E-state index contributed by atoms with van der Waals surface area (Å²) in [6.07, 6.45) is 0. The van der Waals surface area contributed by atoms with E-state index in [-0.39, 0.29) is 34.1 Å². The Morgan fingerprint density at radius 3 is 1.40 bits per heavy atom. The van der Waals surface area contributed by atoms with Crippen molar-refractivity contribution in [3.05, 3.63) is 0 Å². The van der Waals surface area contributed by atoms with Crippen LogP contribution in [0.1, 0.15) is 28.9 Å². The SMILES string of the molecule is C.C.CCO.O.O=C=C=O.[HH].[HH].[HH].[HH].[HH]. The molecule has 0 saturated heterocycles. The van der Waals surface area contributed by atoms with Crippen molar-refractivity contribution in [3.8, 4) is 0 Å². The number of hydrogen-bond donors (Lipinski definition) is 1. The summed E-state index contributed by atoms with van der Waals surface area (Å²) in [7, 11) is 0. The minimum atomic E-state index is 0. The summed E-state index contributed by atoms with van der Waals surface area (Å²) >= 11 is 0. The van der Waals surface area contributed by atoms with Gasteiger partial charge in [0.1, 0.15) is 0 Å². The van der Waals surface area contributed by atoms with Crippen molar-refractivity contribution in [2.75, 3.05) is 6.61 Å². The van der Waals surface area contributed by atoms with Gasteiger partial charge in [0.05, 0.1) is 0 Å². The Labute approximate surface area is 68.9 Å². The molecule has 0 fully saturated rings. The van der Waals surface area contributed by atoms with Gasteiger partial charge in [-0.15, -0.1) is 0 Å². The Balaban J connectivity index is -0.00000000275. The Morgan fingerprint density at radius 1 is 1.30 bits per heavy atom. The van der Waals surface area contributed by atoms with Gasteiger partial charge >= 0.3 is 0 Å². The van der Waals surface area contributed by atoms with Crippen LogP contribution in [0.2, 0.25) is 0 Å². The molecule has 0 radical (unpaired) electrons. The van der Waals surface area contributed by atoms with E-state index in [1.807, 2.05) is 0 Å². The lowest BCUT2D eigenvalue weighted by Crippen LogP contribution is -1.57. The lowest BCUT2D eigenvalue weighted by atomic mass is 10.9. The second-order valence-electron chi connectivity index (χ2n) is 0.520. The summed E-state index contributed by atoms with van der Waals surface area (Å²) < 4.78 is 0. The lowest BCUT2D eigenvalue weighted by Gasteiger charge is -1.52. The van der Waals surface area contributed by atoms with Gasteiger partial charge in [-0.3, -0.25) is 0 Å². The first-order chi connectivity index (χ1) is 3.33. The van der Waals surface area contributed by atoms with Gasteiger partial charge in [-0.05, 0) is 6.92 Å². The van der Waals surface area contributed by atoms with Crippen molar-refractivity contribution in [3.63, 3.8) is 0 Å². The predicted molar refractivity (Wildman–Crippen MR) is 51.8 cm³/mol. The van der Waals surface area contributed by atoms with Crippen LogP contribution in [0.15, 0.2) is 0 Å². The Hall–Kier alpha value is -0.920. The zero-order chi connectivity index (χ0) is 6.12. The predicted octanol–water partition coefficient (Wildman–Crippen LogP) is 0.882. The Morgan fingerprint density at radius 2 is 1.40 bits per heavy atom. The Bertz CT molecular complexity index is 83.5. The van der Waals surface area contributed by atoms with E-state index in [2.05, 4.69) is 0 Å². The first-order valence-corrected chi connectivity index (χ1v) is 1.68. The zero-order valence-corrected chi connectivity index (χ0v) is 4.47. The fourth-order valence-electron chi connectivity index (χ4n) is 0. The quantitative estimate of drug-likeness (QED) is 0.536. The minimum absolute atomic E-state index is 0. The maximum atomic E-state index is 8.62. The van der Waals surface area contributed by atoms with Gasteiger partial charge in [0.15, 0.2) is 0 Å². The van der Waals surface area contributed by atoms with Crippen molar-refractivity contribution in [1.82, 2.24) is 0 Å². The van der Waals surface area contributed by atoms with Crippen LogP contribution >= 0.6 is 0 Å². The van der Waals surface area contributed by atoms with E-state index in [1.54, 1.807) is 6.92 Å². The molecule has 4 heteroatoms. The average Bonchev–Trinajstić information content (AvgIpc) is 1.69. The number of carbonyl (C=O) groups excluding carboxylic acids is 2. The van der Waals surface area contributed by atoms with E-state index in [1.165, 1.54) is 0 Å². The highest BCUT2D eigenvalue weighted by Gasteiger charge is 1.34. The molecule has 0 aromatic carbocycles. The summed E-state index contributed by atoms with van der Waals surface area (Å²) in [4.78, 5) is 17.2.